The van der Waals surface area contributed by atoms with Crippen molar-refractivity contribution < 1.29 is 13.2 Å². The maximum absolute atomic E-state index is 11.3. The Morgan fingerprint density at radius 1 is 1.53 bits per heavy atom. The van der Waals surface area contributed by atoms with Crippen LogP contribution in [-0.2, 0) is 14.6 Å². The molecule has 0 aromatic rings. The van der Waals surface area contributed by atoms with E-state index in [1.165, 1.54) is 0 Å². The highest BCUT2D eigenvalue weighted by Crippen LogP contribution is 1.84. The van der Waals surface area contributed by atoms with Gasteiger partial charge in [-0.15, -0.1) is 6.58 Å². The van der Waals surface area contributed by atoms with Gasteiger partial charge in [0.15, 0.2) is 0 Å². The number of amides is 1. The van der Waals surface area contributed by atoms with E-state index < -0.39 is 15.9 Å². The standard InChI is InChI=1S/C9H18N2O3S/c1-4-5-11-9(12)8(2)10-6-7-15(3,13)14/h4,8,10H,1,5-7H2,2-3H3,(H,11,12). The van der Waals surface area contributed by atoms with Crippen molar-refractivity contribution in [2.24, 2.45) is 0 Å². The molecule has 6 heteroatoms. The molecule has 0 aromatic heterocycles. The number of hydrogen-bond donors (Lipinski definition) is 2. The lowest BCUT2D eigenvalue weighted by molar-refractivity contribution is -0.122. The normalized spacial score (nSPS) is 13.2. The summed E-state index contributed by atoms with van der Waals surface area (Å²) >= 11 is 0. The highest BCUT2D eigenvalue weighted by Gasteiger charge is 2.11. The van der Waals surface area contributed by atoms with Gasteiger partial charge in [-0.3, -0.25) is 4.79 Å². The number of sulfone groups is 1. The summed E-state index contributed by atoms with van der Waals surface area (Å²) in [5.74, 6) is -0.130. The molecule has 0 aliphatic heterocycles. The highest BCUT2D eigenvalue weighted by molar-refractivity contribution is 7.90. The van der Waals surface area contributed by atoms with E-state index in [1.54, 1.807) is 13.0 Å². The second-order valence-corrected chi connectivity index (χ2v) is 5.60. The van der Waals surface area contributed by atoms with Gasteiger partial charge < -0.3 is 10.6 Å². The van der Waals surface area contributed by atoms with Crippen LogP contribution in [0.1, 0.15) is 6.92 Å². The van der Waals surface area contributed by atoms with E-state index in [0.717, 1.165) is 6.26 Å². The summed E-state index contributed by atoms with van der Waals surface area (Å²) in [5.41, 5.74) is 0. The molecule has 0 heterocycles. The molecule has 0 rings (SSSR count). The summed E-state index contributed by atoms with van der Waals surface area (Å²) in [4.78, 5) is 11.3. The van der Waals surface area contributed by atoms with E-state index in [-0.39, 0.29) is 18.2 Å². The summed E-state index contributed by atoms with van der Waals surface area (Å²) < 4.78 is 21.6. The Hall–Kier alpha value is -0.880. The molecule has 0 radical (unpaired) electrons. The Morgan fingerprint density at radius 3 is 2.60 bits per heavy atom. The van der Waals surface area contributed by atoms with Crippen LogP contribution in [0.15, 0.2) is 12.7 Å². The number of nitrogens with one attached hydrogen (secondary N) is 2. The molecule has 0 aromatic carbocycles. The van der Waals surface area contributed by atoms with Gasteiger partial charge in [0, 0.05) is 19.3 Å². The van der Waals surface area contributed by atoms with Crippen LogP contribution >= 0.6 is 0 Å². The van der Waals surface area contributed by atoms with Gasteiger partial charge in [0.05, 0.1) is 11.8 Å². The van der Waals surface area contributed by atoms with Gasteiger partial charge in [0.1, 0.15) is 9.84 Å². The Balaban J connectivity index is 3.78. The van der Waals surface area contributed by atoms with E-state index >= 15 is 0 Å². The van der Waals surface area contributed by atoms with E-state index in [9.17, 15) is 13.2 Å². The molecule has 0 saturated heterocycles. The molecule has 1 atom stereocenters. The van der Waals surface area contributed by atoms with Crippen molar-refractivity contribution in [2.45, 2.75) is 13.0 Å². The summed E-state index contributed by atoms with van der Waals surface area (Å²) in [6.45, 7) is 5.85. The topological polar surface area (TPSA) is 75.3 Å². The zero-order valence-corrected chi connectivity index (χ0v) is 9.93. The van der Waals surface area contributed by atoms with Crippen LogP contribution in [0.4, 0.5) is 0 Å². The molecule has 0 saturated carbocycles. The average molecular weight is 234 g/mol. The Kier molecular flexibility index (Phi) is 6.19. The van der Waals surface area contributed by atoms with Crippen molar-refractivity contribution in [1.29, 1.82) is 0 Å². The van der Waals surface area contributed by atoms with Crippen LogP contribution in [0.3, 0.4) is 0 Å². The quantitative estimate of drug-likeness (QED) is 0.572. The van der Waals surface area contributed by atoms with Gasteiger partial charge in [-0.2, -0.15) is 0 Å². The molecular formula is C9H18N2O3S. The van der Waals surface area contributed by atoms with E-state index in [2.05, 4.69) is 17.2 Å². The van der Waals surface area contributed by atoms with Crippen LogP contribution in [0.25, 0.3) is 0 Å². The van der Waals surface area contributed by atoms with Crippen LogP contribution < -0.4 is 10.6 Å². The predicted octanol–water partition coefficient (Wildman–Crippen LogP) is -0.689. The third-order valence-electron chi connectivity index (χ3n) is 1.74. The third kappa shape index (κ3) is 8.14. The Labute approximate surface area is 90.9 Å². The number of rotatable bonds is 7. The molecule has 5 nitrogen and oxygen atoms in total. The summed E-state index contributed by atoms with van der Waals surface area (Å²) in [5, 5.41) is 5.43. The first-order valence-electron chi connectivity index (χ1n) is 4.66. The fraction of sp³-hybridized carbons (Fsp3) is 0.667. The fourth-order valence-corrected chi connectivity index (χ4v) is 1.37. The molecule has 1 unspecified atom stereocenters. The first kappa shape index (κ1) is 14.1. The zero-order valence-electron chi connectivity index (χ0n) is 9.12. The SMILES string of the molecule is C=CCNC(=O)C(C)NCCS(C)(=O)=O. The van der Waals surface area contributed by atoms with Crippen LogP contribution in [-0.4, -0.2) is 45.5 Å². The lowest BCUT2D eigenvalue weighted by Gasteiger charge is -2.12. The van der Waals surface area contributed by atoms with E-state index in [1.807, 2.05) is 0 Å². The second-order valence-electron chi connectivity index (χ2n) is 3.34. The van der Waals surface area contributed by atoms with Crippen molar-refractivity contribution >= 4 is 15.7 Å². The van der Waals surface area contributed by atoms with Gasteiger partial charge in [-0.1, -0.05) is 6.08 Å². The van der Waals surface area contributed by atoms with Crippen molar-refractivity contribution in [2.75, 3.05) is 25.1 Å². The third-order valence-corrected chi connectivity index (χ3v) is 2.68. The Bertz CT molecular complexity index is 311. The van der Waals surface area contributed by atoms with Gasteiger partial charge in [-0.25, -0.2) is 8.42 Å². The first-order chi connectivity index (χ1) is 6.87. The van der Waals surface area contributed by atoms with Gasteiger partial charge in [0.2, 0.25) is 5.91 Å². The van der Waals surface area contributed by atoms with E-state index in [4.69, 9.17) is 0 Å². The number of carbonyl (C=O) groups is 1. The van der Waals surface area contributed by atoms with Crippen molar-refractivity contribution in [3.05, 3.63) is 12.7 Å². The molecule has 0 aliphatic rings. The minimum Gasteiger partial charge on any atom is -0.351 e. The maximum Gasteiger partial charge on any atom is 0.237 e. The van der Waals surface area contributed by atoms with Crippen molar-refractivity contribution in [3.8, 4) is 0 Å². The van der Waals surface area contributed by atoms with Crippen molar-refractivity contribution in [1.82, 2.24) is 10.6 Å². The monoisotopic (exact) mass is 234 g/mol. The summed E-state index contributed by atoms with van der Waals surface area (Å²) in [6, 6.07) is -0.397. The van der Waals surface area contributed by atoms with Crippen LogP contribution in [0, 0.1) is 0 Å². The largest absolute Gasteiger partial charge is 0.351 e. The average Bonchev–Trinajstić information content (AvgIpc) is 2.11. The van der Waals surface area contributed by atoms with Gasteiger partial charge >= 0.3 is 0 Å². The molecule has 0 fully saturated rings. The van der Waals surface area contributed by atoms with Gasteiger partial charge in [-0.05, 0) is 6.92 Å². The fourth-order valence-electron chi connectivity index (χ4n) is 0.879. The molecule has 0 aliphatic carbocycles. The number of hydrogen-bond acceptors (Lipinski definition) is 4. The minimum absolute atomic E-state index is 0.0338. The summed E-state index contributed by atoms with van der Waals surface area (Å²) in [6.07, 6.45) is 2.75. The van der Waals surface area contributed by atoms with Crippen molar-refractivity contribution in [3.63, 3.8) is 0 Å². The molecule has 15 heavy (non-hydrogen) atoms. The van der Waals surface area contributed by atoms with Gasteiger partial charge in [0.25, 0.3) is 0 Å². The zero-order chi connectivity index (χ0) is 11.9. The molecule has 0 bridgehead atoms. The summed E-state index contributed by atoms with van der Waals surface area (Å²) in [7, 11) is -2.97. The molecule has 0 spiro atoms. The maximum atomic E-state index is 11.3. The molecule has 1 amide bonds. The highest BCUT2D eigenvalue weighted by atomic mass is 32.2. The molecule has 2 N–H and O–H groups in total. The Morgan fingerprint density at radius 2 is 2.13 bits per heavy atom. The predicted molar refractivity (Wildman–Crippen MR) is 60.4 cm³/mol. The smallest absolute Gasteiger partial charge is 0.237 e. The number of carbonyl (C=O) groups excluding carboxylic acids is 1. The lowest BCUT2D eigenvalue weighted by atomic mass is 10.3. The lowest BCUT2D eigenvalue weighted by Crippen LogP contribution is -2.43. The van der Waals surface area contributed by atoms with Crippen LogP contribution in [0.2, 0.25) is 0 Å². The minimum atomic E-state index is -2.97. The first-order valence-corrected chi connectivity index (χ1v) is 6.72. The van der Waals surface area contributed by atoms with Crippen LogP contribution in [0.5, 0.6) is 0 Å². The molecular weight excluding hydrogens is 216 g/mol. The molecule has 88 valence electrons. The van der Waals surface area contributed by atoms with E-state index in [0.29, 0.717) is 6.54 Å². The second kappa shape index (κ2) is 6.58.